The van der Waals surface area contributed by atoms with Crippen molar-refractivity contribution in [3.63, 3.8) is 0 Å². The van der Waals surface area contributed by atoms with Gasteiger partial charge in [-0.15, -0.1) is 10.2 Å². The monoisotopic (exact) mass is 479 g/mol. The van der Waals surface area contributed by atoms with E-state index >= 15 is 0 Å². The van der Waals surface area contributed by atoms with Crippen LogP contribution >= 0.6 is 0 Å². The average Bonchev–Trinajstić information content (AvgIpc) is 3.34. The maximum atomic E-state index is 13.4. The van der Waals surface area contributed by atoms with Crippen LogP contribution in [-0.4, -0.2) is 35.1 Å². The molecule has 6 rings (SSSR count). The molecule has 3 aromatic rings. The molecule has 8 heteroatoms. The van der Waals surface area contributed by atoms with Gasteiger partial charge in [0.2, 0.25) is 10.0 Å². The molecule has 0 aliphatic heterocycles. The van der Waals surface area contributed by atoms with Crippen molar-refractivity contribution in [1.82, 2.24) is 25.3 Å². The van der Waals surface area contributed by atoms with Gasteiger partial charge in [-0.2, -0.15) is 5.21 Å². The van der Waals surface area contributed by atoms with Crippen LogP contribution < -0.4 is 4.72 Å². The fourth-order valence-electron chi connectivity index (χ4n) is 5.96. The van der Waals surface area contributed by atoms with Crippen LogP contribution in [0.15, 0.2) is 59.5 Å². The lowest BCUT2D eigenvalue weighted by Crippen LogP contribution is -2.63. The van der Waals surface area contributed by atoms with Crippen molar-refractivity contribution in [3.8, 4) is 0 Å². The first-order chi connectivity index (χ1) is 16.3. The van der Waals surface area contributed by atoms with Gasteiger partial charge in [0, 0.05) is 12.5 Å². The third kappa shape index (κ3) is 4.53. The molecule has 2 N–H and O–H groups in total. The molecule has 34 heavy (non-hydrogen) atoms. The number of benzene rings is 2. The second-order valence-electron chi connectivity index (χ2n) is 10.4. The number of H-pyrrole nitrogens is 1. The minimum Gasteiger partial charge on any atom is -0.207 e. The number of nitrogens with zero attached hydrogens (tertiary/aromatic N) is 3. The van der Waals surface area contributed by atoms with Gasteiger partial charge >= 0.3 is 0 Å². The van der Waals surface area contributed by atoms with Gasteiger partial charge in [-0.25, -0.2) is 13.1 Å². The largest absolute Gasteiger partial charge is 0.240 e. The number of fused-ring (bicyclic) bond motifs is 3. The van der Waals surface area contributed by atoms with Crippen molar-refractivity contribution in [3.05, 3.63) is 60.4 Å². The molecule has 180 valence electrons. The quantitative estimate of drug-likeness (QED) is 0.344. The predicted molar refractivity (Wildman–Crippen MR) is 132 cm³/mol. The minimum atomic E-state index is -3.60. The molecule has 4 atom stereocenters. The molecule has 2 bridgehead atoms. The lowest BCUT2D eigenvalue weighted by atomic mass is 9.45. The van der Waals surface area contributed by atoms with E-state index in [0.29, 0.717) is 22.6 Å². The van der Waals surface area contributed by atoms with Crippen molar-refractivity contribution < 1.29 is 8.42 Å². The second-order valence-corrected chi connectivity index (χ2v) is 12.2. The summed E-state index contributed by atoms with van der Waals surface area (Å²) < 4.78 is 30.0. The molecule has 0 unspecified atom stereocenters. The number of hydrogen-bond acceptors (Lipinski definition) is 5. The Bertz CT molecular complexity index is 1270. The number of hydrogen-bond donors (Lipinski definition) is 2. The van der Waals surface area contributed by atoms with E-state index in [9.17, 15) is 8.42 Å². The Balaban J connectivity index is 1.27. The average molecular weight is 480 g/mol. The molecule has 1 aromatic heterocycles. The molecule has 3 fully saturated rings. The first-order valence-corrected chi connectivity index (χ1v) is 13.7. The maximum absolute atomic E-state index is 13.4. The maximum Gasteiger partial charge on any atom is 0.240 e. The molecular weight excluding hydrogens is 446 g/mol. The molecule has 2 aromatic carbocycles. The lowest BCUT2D eigenvalue weighted by molar-refractivity contribution is -0.108. The zero-order chi connectivity index (χ0) is 23.8. The van der Waals surface area contributed by atoms with Crippen LogP contribution in [0.5, 0.6) is 0 Å². The van der Waals surface area contributed by atoms with Gasteiger partial charge in [0.15, 0.2) is 5.82 Å². The highest BCUT2D eigenvalue weighted by molar-refractivity contribution is 7.89. The Labute approximate surface area is 201 Å². The van der Waals surface area contributed by atoms with Crippen LogP contribution in [0.1, 0.15) is 51.8 Å². The number of unbranched alkanes of at least 4 members (excludes halogenated alkanes) is 1. The van der Waals surface area contributed by atoms with Gasteiger partial charge in [0.25, 0.3) is 0 Å². The summed E-state index contributed by atoms with van der Waals surface area (Å²) in [6.07, 6.45) is 10.2. The zero-order valence-corrected chi connectivity index (χ0v) is 20.6. The SMILES string of the molecule is CC1(C)[C@H]2C[C@H](CC=CCCCc3nn[nH]n3)[C@@H](NS(=O)(=O)c3ccc4ccccc4c3)[C@@H]1C2. The highest BCUT2D eigenvalue weighted by atomic mass is 32.2. The number of aromatic nitrogens is 4. The number of nitrogens with one attached hydrogen (secondary N) is 2. The molecule has 7 nitrogen and oxygen atoms in total. The summed E-state index contributed by atoms with van der Waals surface area (Å²) in [6.45, 7) is 4.60. The van der Waals surface area contributed by atoms with Gasteiger partial charge in [-0.05, 0) is 78.2 Å². The normalized spacial score (nSPS) is 26.1. The molecule has 0 spiro atoms. The van der Waals surface area contributed by atoms with Crippen LogP contribution in [-0.2, 0) is 16.4 Å². The van der Waals surface area contributed by atoms with Gasteiger partial charge < -0.3 is 0 Å². The minimum absolute atomic E-state index is 0.0412. The second kappa shape index (κ2) is 9.23. The lowest BCUT2D eigenvalue weighted by Gasteiger charge is -2.62. The molecule has 3 aliphatic carbocycles. The van der Waals surface area contributed by atoms with Crippen LogP contribution in [0.4, 0.5) is 0 Å². The summed E-state index contributed by atoms with van der Waals surface area (Å²) in [5.41, 5.74) is 0.182. The Morgan fingerprint density at radius 2 is 1.94 bits per heavy atom. The summed E-state index contributed by atoms with van der Waals surface area (Å²) in [5, 5.41) is 16.0. The zero-order valence-electron chi connectivity index (χ0n) is 19.8. The third-order valence-corrected chi connectivity index (χ3v) is 9.62. The molecule has 1 heterocycles. The smallest absolute Gasteiger partial charge is 0.207 e. The molecule has 3 aliphatic rings. The fourth-order valence-corrected chi connectivity index (χ4v) is 7.34. The predicted octanol–water partition coefficient (Wildman–Crippen LogP) is 4.65. The number of tetrazole rings is 1. The van der Waals surface area contributed by atoms with Gasteiger partial charge in [-0.3, -0.25) is 0 Å². The highest BCUT2D eigenvalue weighted by Crippen LogP contribution is 2.61. The molecule has 3 saturated carbocycles. The molecule has 0 radical (unpaired) electrons. The van der Waals surface area contributed by atoms with Crippen molar-refractivity contribution in [2.45, 2.75) is 63.3 Å². The number of allylic oxidation sites excluding steroid dienone is 2. The topological polar surface area (TPSA) is 101 Å². The van der Waals surface area contributed by atoms with E-state index in [1.54, 1.807) is 12.1 Å². The molecule has 0 saturated heterocycles. The van der Waals surface area contributed by atoms with E-state index < -0.39 is 10.0 Å². The Hall–Kier alpha value is -2.58. The highest BCUT2D eigenvalue weighted by Gasteiger charge is 2.58. The van der Waals surface area contributed by atoms with E-state index in [-0.39, 0.29) is 11.5 Å². The summed E-state index contributed by atoms with van der Waals surface area (Å²) in [7, 11) is -3.60. The van der Waals surface area contributed by atoms with E-state index in [1.807, 2.05) is 30.3 Å². The van der Waals surface area contributed by atoms with Crippen molar-refractivity contribution in [2.75, 3.05) is 0 Å². The van der Waals surface area contributed by atoms with Gasteiger partial charge in [0.05, 0.1) is 4.90 Å². The van der Waals surface area contributed by atoms with E-state index in [1.165, 1.54) is 0 Å². The molecule has 0 amide bonds. The Morgan fingerprint density at radius 3 is 2.71 bits per heavy atom. The van der Waals surface area contributed by atoms with Crippen LogP contribution in [0, 0.1) is 23.2 Å². The Kier molecular flexibility index (Phi) is 6.29. The standard InChI is InChI=1S/C26H33N5O2S/c1-26(2)21-15-20(11-5-3-4-6-12-24-27-30-31-28-24)25(23(26)17-21)29-34(32,33)22-14-13-18-9-7-8-10-19(18)16-22/h3,5,7-10,13-14,16,20-21,23,25,29H,4,6,11-12,15,17H2,1-2H3,(H,27,28,30,31)/t20-,21-,23-,25+/m0/s1. The van der Waals surface area contributed by atoms with Crippen molar-refractivity contribution in [2.24, 2.45) is 23.2 Å². The summed E-state index contributed by atoms with van der Waals surface area (Å²) in [6, 6.07) is 13.2. The summed E-state index contributed by atoms with van der Waals surface area (Å²) >= 11 is 0. The number of rotatable bonds is 9. The van der Waals surface area contributed by atoms with Crippen molar-refractivity contribution in [1.29, 1.82) is 0 Å². The number of aromatic amines is 1. The first kappa shape index (κ1) is 23.2. The van der Waals surface area contributed by atoms with E-state index in [0.717, 1.165) is 55.1 Å². The first-order valence-electron chi connectivity index (χ1n) is 12.2. The Morgan fingerprint density at radius 1 is 1.12 bits per heavy atom. The van der Waals surface area contributed by atoms with E-state index in [4.69, 9.17) is 0 Å². The molecular formula is C26H33N5O2S. The van der Waals surface area contributed by atoms with Crippen LogP contribution in [0.3, 0.4) is 0 Å². The summed E-state index contributed by atoms with van der Waals surface area (Å²) in [4.78, 5) is 0.348. The van der Waals surface area contributed by atoms with Crippen molar-refractivity contribution >= 4 is 20.8 Å². The van der Waals surface area contributed by atoms with Gasteiger partial charge in [-0.1, -0.05) is 61.5 Å². The third-order valence-electron chi connectivity index (χ3n) is 8.16. The van der Waals surface area contributed by atoms with Crippen LogP contribution in [0.25, 0.3) is 10.8 Å². The van der Waals surface area contributed by atoms with Crippen LogP contribution in [0.2, 0.25) is 0 Å². The number of sulfonamides is 1. The number of aryl methyl sites for hydroxylation is 1. The fraction of sp³-hybridized carbons (Fsp3) is 0.500. The van der Waals surface area contributed by atoms with E-state index in [2.05, 4.69) is 51.3 Å². The van der Waals surface area contributed by atoms with Gasteiger partial charge in [0.1, 0.15) is 0 Å². The summed E-state index contributed by atoms with van der Waals surface area (Å²) in [5.74, 6) is 2.11.